The molecule has 2 unspecified atom stereocenters. The van der Waals surface area contributed by atoms with Crippen molar-refractivity contribution in [3.05, 3.63) is 72.6 Å². The Morgan fingerprint density at radius 3 is 2.43 bits per heavy atom. The molecule has 2 aromatic rings. The number of hydrogen-bond donors (Lipinski definition) is 4. The van der Waals surface area contributed by atoms with E-state index < -0.39 is 29.9 Å². The number of pyridine rings is 1. The van der Waals surface area contributed by atoms with Gasteiger partial charge in [-0.15, -0.1) is 0 Å². The molecule has 0 spiro atoms. The number of rotatable bonds is 12. The Bertz CT molecular complexity index is 1430. The molecule has 1 fully saturated rings. The van der Waals surface area contributed by atoms with E-state index in [0.717, 1.165) is 22.0 Å². The summed E-state index contributed by atoms with van der Waals surface area (Å²) in [6.07, 6.45) is 8.37. The maximum atomic E-state index is 13.3. The third-order valence-corrected chi connectivity index (χ3v) is 7.89. The minimum absolute atomic E-state index is 0.176. The van der Waals surface area contributed by atoms with Crippen LogP contribution in [0.3, 0.4) is 0 Å². The molecule has 5 atom stereocenters. The van der Waals surface area contributed by atoms with E-state index in [0.29, 0.717) is 25.0 Å². The maximum Gasteiger partial charge on any atom is 0.258 e. The Balaban J connectivity index is 1.59. The van der Waals surface area contributed by atoms with Crippen LogP contribution in [0, 0.1) is 11.8 Å². The van der Waals surface area contributed by atoms with Crippen LogP contribution in [0.5, 0.6) is 0 Å². The summed E-state index contributed by atoms with van der Waals surface area (Å²) in [5.74, 6) is -1.87. The van der Waals surface area contributed by atoms with E-state index in [1.807, 2.05) is 71.0 Å². The molecule has 4 N–H and O–H groups in total. The summed E-state index contributed by atoms with van der Waals surface area (Å²) in [6.45, 7) is 18.9. The first-order valence-corrected chi connectivity index (χ1v) is 15.2. The highest BCUT2D eigenvalue weighted by Gasteiger charge is 2.33. The summed E-state index contributed by atoms with van der Waals surface area (Å²) in [5.41, 5.74) is 5.11. The number of hydrogen-bond acceptors (Lipinski definition) is 6. The molecule has 0 radical (unpaired) electrons. The van der Waals surface area contributed by atoms with Crippen LogP contribution in [0.25, 0.3) is 16.8 Å². The molecule has 10 nitrogen and oxygen atoms in total. The predicted molar refractivity (Wildman–Crippen MR) is 174 cm³/mol. The van der Waals surface area contributed by atoms with Crippen molar-refractivity contribution in [2.75, 3.05) is 6.54 Å². The van der Waals surface area contributed by atoms with Gasteiger partial charge in [0, 0.05) is 29.6 Å². The number of allylic oxidation sites excluding steroid dienone is 2. The van der Waals surface area contributed by atoms with Crippen molar-refractivity contribution in [2.24, 2.45) is 11.8 Å². The van der Waals surface area contributed by atoms with Crippen molar-refractivity contribution in [3.63, 3.8) is 0 Å². The summed E-state index contributed by atoms with van der Waals surface area (Å²) in [4.78, 5) is 56.7. The number of nitrogens with one attached hydrogen (secondary N) is 4. The topological polar surface area (TPSA) is 133 Å². The second-order valence-electron chi connectivity index (χ2n) is 11.7. The SMILES string of the molecule is C=Cc1cc2cc([C@@H](C)NC(=O)[C@@H]3CCCN(C(=O)C(C)NC(=O)[C@@H](NC(=O)C(=C)C(C)/C=C/C)C(C)C)N3)ccc2cn1. The molecule has 1 aromatic carbocycles. The van der Waals surface area contributed by atoms with Crippen LogP contribution in [0.2, 0.25) is 0 Å². The summed E-state index contributed by atoms with van der Waals surface area (Å²) >= 11 is 0. The number of carbonyl (C=O) groups is 4. The standard InChI is InChI=1S/C34H46N6O4/c1-9-12-21(5)22(6)31(41)38-30(20(3)4)33(43)37-24(8)34(44)40-16-11-13-29(39-40)32(42)36-23(7)25-14-15-26-19-35-28(10-2)18-27(26)17-25/h9-10,12,14-15,17-21,23-24,29-30,39H,2,6,11,13,16H2,1,3-5,7-8H3,(H,36,42)(H,37,43)(H,38,41)/b12-9+/t21?,23-,24?,29+,30+/m1/s1. The van der Waals surface area contributed by atoms with E-state index in [4.69, 9.17) is 0 Å². The minimum Gasteiger partial charge on any atom is -0.348 e. The first-order chi connectivity index (χ1) is 20.9. The highest BCUT2D eigenvalue weighted by molar-refractivity contribution is 5.98. The van der Waals surface area contributed by atoms with Crippen LogP contribution >= 0.6 is 0 Å². The quantitative estimate of drug-likeness (QED) is 0.215. The molecule has 236 valence electrons. The van der Waals surface area contributed by atoms with E-state index in [1.54, 1.807) is 19.2 Å². The molecule has 1 aliphatic heterocycles. The van der Waals surface area contributed by atoms with Gasteiger partial charge in [0.05, 0.1) is 11.7 Å². The molecule has 1 saturated heterocycles. The Morgan fingerprint density at radius 1 is 1.05 bits per heavy atom. The fourth-order valence-corrected chi connectivity index (χ4v) is 5.07. The molecule has 2 heterocycles. The van der Waals surface area contributed by atoms with Crippen molar-refractivity contribution in [1.82, 2.24) is 31.4 Å². The van der Waals surface area contributed by atoms with Crippen molar-refractivity contribution < 1.29 is 19.2 Å². The van der Waals surface area contributed by atoms with E-state index >= 15 is 0 Å². The zero-order chi connectivity index (χ0) is 32.6. The van der Waals surface area contributed by atoms with Gasteiger partial charge in [0.1, 0.15) is 18.1 Å². The third-order valence-electron chi connectivity index (χ3n) is 7.89. The lowest BCUT2D eigenvalue weighted by Gasteiger charge is -2.35. The molecule has 0 aliphatic carbocycles. The minimum atomic E-state index is -0.883. The molecule has 1 aromatic heterocycles. The summed E-state index contributed by atoms with van der Waals surface area (Å²) in [7, 11) is 0. The van der Waals surface area contributed by atoms with E-state index in [1.165, 1.54) is 5.01 Å². The summed E-state index contributed by atoms with van der Waals surface area (Å²) < 4.78 is 0. The molecule has 3 rings (SSSR count). The van der Waals surface area contributed by atoms with Crippen LogP contribution in [-0.2, 0) is 19.2 Å². The largest absolute Gasteiger partial charge is 0.348 e. The number of hydrazine groups is 1. The van der Waals surface area contributed by atoms with Crippen molar-refractivity contribution in [1.29, 1.82) is 0 Å². The van der Waals surface area contributed by atoms with Gasteiger partial charge in [0.15, 0.2) is 0 Å². The van der Waals surface area contributed by atoms with Gasteiger partial charge < -0.3 is 16.0 Å². The number of benzene rings is 1. The molecular weight excluding hydrogens is 556 g/mol. The number of nitrogens with zero attached hydrogens (tertiary/aromatic N) is 2. The molecule has 44 heavy (non-hydrogen) atoms. The zero-order valence-corrected chi connectivity index (χ0v) is 26.6. The van der Waals surface area contributed by atoms with Crippen molar-refractivity contribution >= 4 is 40.5 Å². The maximum absolute atomic E-state index is 13.3. The highest BCUT2D eigenvalue weighted by Crippen LogP contribution is 2.22. The fourth-order valence-electron chi connectivity index (χ4n) is 5.07. The molecule has 0 saturated carbocycles. The first-order valence-electron chi connectivity index (χ1n) is 15.2. The number of amides is 4. The van der Waals surface area contributed by atoms with Crippen molar-refractivity contribution in [3.8, 4) is 0 Å². The lowest BCUT2D eigenvalue weighted by Crippen LogP contribution is -2.62. The Kier molecular flexibility index (Phi) is 12.0. The van der Waals surface area contributed by atoms with Crippen LogP contribution in [0.4, 0.5) is 0 Å². The summed E-state index contributed by atoms with van der Waals surface area (Å²) in [6, 6.07) is 5.30. The van der Waals surface area contributed by atoms with Gasteiger partial charge in [0.25, 0.3) is 5.91 Å². The second kappa shape index (κ2) is 15.4. The van der Waals surface area contributed by atoms with Gasteiger partial charge in [-0.25, -0.2) is 5.43 Å². The van der Waals surface area contributed by atoms with Gasteiger partial charge in [-0.2, -0.15) is 0 Å². The van der Waals surface area contributed by atoms with Crippen LogP contribution in [0.15, 0.2) is 61.3 Å². The van der Waals surface area contributed by atoms with Crippen LogP contribution in [-0.4, -0.2) is 58.3 Å². The molecule has 10 heteroatoms. The monoisotopic (exact) mass is 602 g/mol. The first kappa shape index (κ1) is 34.2. The van der Waals surface area contributed by atoms with Gasteiger partial charge in [-0.3, -0.25) is 29.2 Å². The molecule has 1 aliphatic rings. The van der Waals surface area contributed by atoms with E-state index in [2.05, 4.69) is 39.5 Å². The number of carbonyl (C=O) groups excluding carboxylic acids is 4. The van der Waals surface area contributed by atoms with Gasteiger partial charge in [-0.1, -0.05) is 58.2 Å². The molecular formula is C34H46N6O4. The van der Waals surface area contributed by atoms with Gasteiger partial charge >= 0.3 is 0 Å². The zero-order valence-electron chi connectivity index (χ0n) is 26.6. The Hall–Kier alpha value is -4.31. The lowest BCUT2D eigenvalue weighted by molar-refractivity contribution is -0.143. The normalized spacial score (nSPS) is 17.9. The lowest BCUT2D eigenvalue weighted by atomic mass is 9.98. The number of fused-ring (bicyclic) bond motifs is 1. The predicted octanol–water partition coefficient (Wildman–Crippen LogP) is 3.96. The number of aromatic nitrogens is 1. The average Bonchev–Trinajstić information content (AvgIpc) is 3.01. The average molecular weight is 603 g/mol. The highest BCUT2D eigenvalue weighted by atomic mass is 16.2. The second-order valence-corrected chi connectivity index (χ2v) is 11.7. The van der Waals surface area contributed by atoms with Crippen LogP contribution in [0.1, 0.15) is 71.7 Å². The summed E-state index contributed by atoms with van der Waals surface area (Å²) in [5, 5.41) is 11.9. The Labute approximate surface area is 260 Å². The van der Waals surface area contributed by atoms with E-state index in [-0.39, 0.29) is 29.7 Å². The van der Waals surface area contributed by atoms with Crippen LogP contribution < -0.4 is 21.4 Å². The van der Waals surface area contributed by atoms with E-state index in [9.17, 15) is 19.2 Å². The van der Waals surface area contributed by atoms with Gasteiger partial charge in [-0.05, 0) is 68.7 Å². The Morgan fingerprint density at radius 2 is 1.77 bits per heavy atom. The smallest absolute Gasteiger partial charge is 0.258 e. The van der Waals surface area contributed by atoms with Crippen molar-refractivity contribution in [2.45, 2.75) is 78.6 Å². The third kappa shape index (κ3) is 8.63. The van der Waals surface area contributed by atoms with Gasteiger partial charge in [0.2, 0.25) is 17.7 Å². The fraction of sp³-hybridized carbons (Fsp3) is 0.441. The molecule has 4 amide bonds. The molecule has 0 bridgehead atoms.